The summed E-state index contributed by atoms with van der Waals surface area (Å²) in [4.78, 5) is 10.6. The molecule has 0 aromatic carbocycles. The number of ether oxygens (including phenoxy) is 1. The van der Waals surface area contributed by atoms with Crippen LogP contribution in [-0.2, 0) is 9.53 Å². The van der Waals surface area contributed by atoms with E-state index in [1.54, 1.807) is 13.8 Å². The Bertz CT molecular complexity index is 205. The zero-order valence-electron chi connectivity index (χ0n) is 7.54. The molecular weight excluding hydrogens is 176 g/mol. The van der Waals surface area contributed by atoms with Gasteiger partial charge in [0.1, 0.15) is 0 Å². The lowest BCUT2D eigenvalue weighted by molar-refractivity contribution is -0.245. The summed E-state index contributed by atoms with van der Waals surface area (Å²) in [5, 5.41) is 27.4. The van der Waals surface area contributed by atoms with Crippen molar-refractivity contribution < 1.29 is 24.9 Å². The standard InChI is InChI=1S/C8H14O5/c1-3-4(2)8(12)13-6(5(3)9)7(10)11/h3-6,8-9,12H,1-2H3,(H,10,11)/t3-,4+,5-,6?,8-/m1/s1. The first-order chi connectivity index (χ1) is 5.95. The van der Waals surface area contributed by atoms with Crippen molar-refractivity contribution in [3.8, 4) is 0 Å². The van der Waals surface area contributed by atoms with Gasteiger partial charge in [0, 0.05) is 5.92 Å². The first-order valence-corrected chi connectivity index (χ1v) is 4.19. The van der Waals surface area contributed by atoms with E-state index in [1.807, 2.05) is 0 Å². The summed E-state index contributed by atoms with van der Waals surface area (Å²) >= 11 is 0. The molecule has 76 valence electrons. The zero-order valence-corrected chi connectivity index (χ0v) is 7.54. The van der Waals surface area contributed by atoms with Gasteiger partial charge >= 0.3 is 5.97 Å². The fourth-order valence-corrected chi connectivity index (χ4v) is 1.41. The maximum atomic E-state index is 10.6. The second-order valence-electron chi connectivity index (χ2n) is 3.49. The minimum atomic E-state index is -1.32. The maximum absolute atomic E-state index is 10.6. The van der Waals surface area contributed by atoms with Gasteiger partial charge in [-0.15, -0.1) is 0 Å². The van der Waals surface area contributed by atoms with Gasteiger partial charge in [0.2, 0.25) is 0 Å². The second kappa shape index (κ2) is 3.61. The molecule has 0 saturated carbocycles. The molecule has 1 aliphatic heterocycles. The first kappa shape index (κ1) is 10.4. The summed E-state index contributed by atoms with van der Waals surface area (Å²) < 4.78 is 4.75. The predicted molar refractivity (Wildman–Crippen MR) is 42.9 cm³/mol. The van der Waals surface area contributed by atoms with E-state index in [0.717, 1.165) is 0 Å². The molecule has 0 aromatic heterocycles. The Labute approximate surface area is 75.9 Å². The fraction of sp³-hybridized carbons (Fsp3) is 0.875. The molecule has 0 bridgehead atoms. The van der Waals surface area contributed by atoms with Gasteiger partial charge in [0.05, 0.1) is 6.10 Å². The van der Waals surface area contributed by atoms with E-state index in [0.29, 0.717) is 0 Å². The van der Waals surface area contributed by atoms with Crippen molar-refractivity contribution in [2.45, 2.75) is 32.3 Å². The van der Waals surface area contributed by atoms with Crippen LogP contribution in [0.1, 0.15) is 13.8 Å². The number of carboxylic acid groups (broad SMARTS) is 1. The van der Waals surface area contributed by atoms with E-state index in [4.69, 9.17) is 9.84 Å². The quantitative estimate of drug-likeness (QED) is 0.515. The Hall–Kier alpha value is -0.650. The van der Waals surface area contributed by atoms with Crippen molar-refractivity contribution in [2.75, 3.05) is 0 Å². The molecular formula is C8H14O5. The monoisotopic (exact) mass is 190 g/mol. The van der Waals surface area contributed by atoms with E-state index in [-0.39, 0.29) is 11.8 Å². The van der Waals surface area contributed by atoms with Gasteiger partial charge in [-0.25, -0.2) is 4.79 Å². The highest BCUT2D eigenvalue weighted by atomic mass is 16.6. The number of hydrogen-bond donors (Lipinski definition) is 3. The number of rotatable bonds is 1. The van der Waals surface area contributed by atoms with Gasteiger partial charge in [-0.2, -0.15) is 0 Å². The lowest BCUT2D eigenvalue weighted by Crippen LogP contribution is -2.52. The van der Waals surface area contributed by atoms with Crippen molar-refractivity contribution in [1.29, 1.82) is 0 Å². The Morgan fingerprint density at radius 2 is 1.77 bits per heavy atom. The van der Waals surface area contributed by atoms with Crippen LogP contribution in [0, 0.1) is 11.8 Å². The van der Waals surface area contributed by atoms with Gasteiger partial charge in [0.15, 0.2) is 12.4 Å². The maximum Gasteiger partial charge on any atom is 0.335 e. The summed E-state index contributed by atoms with van der Waals surface area (Å²) in [6.07, 6.45) is -3.49. The number of aliphatic carboxylic acids is 1. The Morgan fingerprint density at radius 1 is 1.23 bits per heavy atom. The summed E-state index contributed by atoms with van der Waals surface area (Å²) in [6, 6.07) is 0. The molecule has 3 N–H and O–H groups in total. The highest BCUT2D eigenvalue weighted by Crippen LogP contribution is 2.29. The van der Waals surface area contributed by atoms with Crippen LogP contribution < -0.4 is 0 Å². The lowest BCUT2D eigenvalue weighted by atomic mass is 9.85. The summed E-state index contributed by atoms with van der Waals surface area (Å²) in [5.74, 6) is -1.79. The molecule has 5 atom stereocenters. The molecule has 0 spiro atoms. The van der Waals surface area contributed by atoms with Crippen LogP contribution in [0.3, 0.4) is 0 Å². The average molecular weight is 190 g/mol. The SMILES string of the molecule is C[C@@H]1[C@H](C)[C@H](O)OC(C(=O)O)[C@@H]1O. The van der Waals surface area contributed by atoms with Crippen molar-refractivity contribution in [3.05, 3.63) is 0 Å². The normalized spacial score (nSPS) is 46.0. The van der Waals surface area contributed by atoms with Crippen molar-refractivity contribution in [1.82, 2.24) is 0 Å². The Balaban J connectivity index is 2.76. The van der Waals surface area contributed by atoms with Crippen molar-refractivity contribution in [2.24, 2.45) is 11.8 Å². The highest BCUT2D eigenvalue weighted by Gasteiger charge is 2.43. The molecule has 5 nitrogen and oxygen atoms in total. The van der Waals surface area contributed by atoms with Crippen LogP contribution in [-0.4, -0.2) is 39.8 Å². The third-order valence-electron chi connectivity index (χ3n) is 2.66. The first-order valence-electron chi connectivity index (χ1n) is 4.19. The van der Waals surface area contributed by atoms with E-state index >= 15 is 0 Å². The minimum Gasteiger partial charge on any atom is -0.479 e. The second-order valence-corrected chi connectivity index (χ2v) is 3.49. The molecule has 0 radical (unpaired) electrons. The Morgan fingerprint density at radius 3 is 2.23 bits per heavy atom. The van der Waals surface area contributed by atoms with Crippen LogP contribution in [0.25, 0.3) is 0 Å². The van der Waals surface area contributed by atoms with Crippen LogP contribution in [0.2, 0.25) is 0 Å². The third-order valence-corrected chi connectivity index (χ3v) is 2.66. The molecule has 1 saturated heterocycles. The zero-order chi connectivity index (χ0) is 10.2. The molecule has 5 heteroatoms. The van der Waals surface area contributed by atoms with Crippen LogP contribution in [0.5, 0.6) is 0 Å². The van der Waals surface area contributed by atoms with Gasteiger partial charge in [0.25, 0.3) is 0 Å². The molecule has 1 aliphatic rings. The topological polar surface area (TPSA) is 87.0 Å². The molecule has 13 heavy (non-hydrogen) atoms. The predicted octanol–water partition coefficient (Wildman–Crippen LogP) is -0.579. The number of hydrogen-bond acceptors (Lipinski definition) is 4. The molecule has 0 aromatic rings. The molecule has 0 amide bonds. The van der Waals surface area contributed by atoms with Gasteiger partial charge < -0.3 is 20.1 Å². The van der Waals surface area contributed by atoms with Crippen LogP contribution in [0.15, 0.2) is 0 Å². The molecule has 1 rings (SSSR count). The summed E-state index contributed by atoms with van der Waals surface area (Å²) in [7, 11) is 0. The molecule has 0 aliphatic carbocycles. The van der Waals surface area contributed by atoms with Gasteiger partial charge in [-0.1, -0.05) is 13.8 Å². The largest absolute Gasteiger partial charge is 0.479 e. The minimum absolute atomic E-state index is 0.259. The fourth-order valence-electron chi connectivity index (χ4n) is 1.41. The van der Waals surface area contributed by atoms with E-state index in [2.05, 4.69) is 0 Å². The van der Waals surface area contributed by atoms with E-state index in [1.165, 1.54) is 0 Å². The van der Waals surface area contributed by atoms with Crippen LogP contribution >= 0.6 is 0 Å². The van der Waals surface area contributed by atoms with Crippen LogP contribution in [0.4, 0.5) is 0 Å². The molecule has 1 fully saturated rings. The summed E-state index contributed by atoms with van der Waals surface area (Å²) in [5.41, 5.74) is 0. The average Bonchev–Trinajstić information content (AvgIpc) is 2.07. The number of aliphatic hydroxyl groups excluding tert-OH is 2. The highest BCUT2D eigenvalue weighted by molar-refractivity contribution is 5.73. The molecule has 1 heterocycles. The van der Waals surface area contributed by atoms with E-state index < -0.39 is 24.5 Å². The van der Waals surface area contributed by atoms with Gasteiger partial charge in [-0.3, -0.25) is 0 Å². The van der Waals surface area contributed by atoms with E-state index in [9.17, 15) is 15.0 Å². The Kier molecular flexibility index (Phi) is 2.90. The smallest absolute Gasteiger partial charge is 0.335 e. The molecule has 1 unspecified atom stereocenters. The van der Waals surface area contributed by atoms with Crippen molar-refractivity contribution >= 4 is 5.97 Å². The number of aliphatic hydroxyl groups is 2. The van der Waals surface area contributed by atoms with Gasteiger partial charge in [-0.05, 0) is 5.92 Å². The lowest BCUT2D eigenvalue weighted by Gasteiger charge is -2.38. The van der Waals surface area contributed by atoms with Crippen molar-refractivity contribution in [3.63, 3.8) is 0 Å². The summed E-state index contributed by atoms with van der Waals surface area (Å²) in [6.45, 7) is 3.40. The number of carboxylic acids is 1. The third kappa shape index (κ3) is 1.82. The number of carbonyl (C=O) groups is 1.